The van der Waals surface area contributed by atoms with Gasteiger partial charge in [-0.2, -0.15) is 0 Å². The van der Waals surface area contributed by atoms with Crippen molar-refractivity contribution in [2.45, 2.75) is 33.0 Å². The number of methoxy groups -OCH3 is 1. The van der Waals surface area contributed by atoms with E-state index in [0.717, 1.165) is 31.9 Å². The molecule has 0 atom stereocenters. The van der Waals surface area contributed by atoms with E-state index in [9.17, 15) is 0 Å². The molecule has 0 aliphatic rings. The van der Waals surface area contributed by atoms with Gasteiger partial charge < -0.3 is 10.5 Å². The Bertz CT molecular complexity index is 313. The maximum absolute atomic E-state index is 5.49. The molecule has 6 nitrogen and oxygen atoms in total. The van der Waals surface area contributed by atoms with Gasteiger partial charge in [-0.05, 0) is 13.8 Å². The van der Waals surface area contributed by atoms with Gasteiger partial charge in [0.25, 0.3) is 0 Å². The first-order chi connectivity index (χ1) is 8.17. The van der Waals surface area contributed by atoms with Crippen LogP contribution in [0.4, 0.5) is 0 Å². The van der Waals surface area contributed by atoms with Gasteiger partial charge in [0.2, 0.25) is 0 Å². The summed E-state index contributed by atoms with van der Waals surface area (Å²) in [5, 5.41) is 7.99. The van der Waals surface area contributed by atoms with Crippen molar-refractivity contribution in [3.05, 3.63) is 11.9 Å². The maximum atomic E-state index is 5.49. The molecule has 17 heavy (non-hydrogen) atoms. The minimum atomic E-state index is 0.442. The van der Waals surface area contributed by atoms with E-state index in [1.807, 2.05) is 10.9 Å². The lowest BCUT2D eigenvalue weighted by Crippen LogP contribution is -2.36. The average molecular weight is 241 g/mol. The van der Waals surface area contributed by atoms with Crippen molar-refractivity contribution in [1.82, 2.24) is 19.9 Å². The zero-order valence-corrected chi connectivity index (χ0v) is 11.0. The Hall–Kier alpha value is -0.980. The lowest BCUT2D eigenvalue weighted by atomic mass is 10.3. The van der Waals surface area contributed by atoms with Crippen LogP contribution in [0.2, 0.25) is 0 Å². The molecule has 0 saturated heterocycles. The van der Waals surface area contributed by atoms with Crippen LogP contribution in [0.3, 0.4) is 0 Å². The number of rotatable bonds is 8. The SMILES string of the molecule is COCCN(CCn1cc(CN)nn1)C(C)C. The fraction of sp³-hybridized carbons (Fsp3) is 0.818. The van der Waals surface area contributed by atoms with Gasteiger partial charge >= 0.3 is 0 Å². The molecular formula is C11H23N5O. The highest BCUT2D eigenvalue weighted by Gasteiger charge is 2.09. The molecule has 1 rings (SSSR count). The Morgan fingerprint density at radius 3 is 2.76 bits per heavy atom. The second kappa shape index (κ2) is 7.37. The second-order valence-corrected chi connectivity index (χ2v) is 4.30. The predicted octanol–water partition coefficient (Wildman–Crippen LogP) is 0.0936. The second-order valence-electron chi connectivity index (χ2n) is 4.30. The third-order valence-electron chi connectivity index (χ3n) is 2.72. The summed E-state index contributed by atoms with van der Waals surface area (Å²) in [5.41, 5.74) is 6.32. The third kappa shape index (κ3) is 4.80. The quantitative estimate of drug-likeness (QED) is 0.699. The summed E-state index contributed by atoms with van der Waals surface area (Å²) in [6, 6.07) is 0.502. The van der Waals surface area contributed by atoms with Crippen LogP contribution in [0.5, 0.6) is 0 Å². The van der Waals surface area contributed by atoms with E-state index in [1.165, 1.54) is 0 Å². The van der Waals surface area contributed by atoms with Crippen molar-refractivity contribution in [3.63, 3.8) is 0 Å². The van der Waals surface area contributed by atoms with Gasteiger partial charge in [-0.1, -0.05) is 5.21 Å². The molecule has 0 fully saturated rings. The first kappa shape index (κ1) is 14.1. The zero-order valence-electron chi connectivity index (χ0n) is 11.0. The minimum absolute atomic E-state index is 0.442. The molecule has 0 amide bonds. The van der Waals surface area contributed by atoms with Gasteiger partial charge in [-0.3, -0.25) is 9.58 Å². The summed E-state index contributed by atoms with van der Waals surface area (Å²) < 4.78 is 6.94. The molecule has 0 bridgehead atoms. The fourth-order valence-electron chi connectivity index (χ4n) is 1.61. The fourth-order valence-corrected chi connectivity index (χ4v) is 1.61. The minimum Gasteiger partial charge on any atom is -0.383 e. The molecule has 1 heterocycles. The molecule has 0 saturated carbocycles. The molecule has 0 aromatic carbocycles. The van der Waals surface area contributed by atoms with Crippen LogP contribution in [0.25, 0.3) is 0 Å². The molecule has 2 N–H and O–H groups in total. The zero-order chi connectivity index (χ0) is 12.7. The standard InChI is InChI=1S/C11H23N5O/c1-10(2)15(6-7-17-3)4-5-16-9-11(8-12)13-14-16/h9-10H,4-8,12H2,1-3H3. The van der Waals surface area contributed by atoms with Crippen molar-refractivity contribution in [2.24, 2.45) is 5.73 Å². The highest BCUT2D eigenvalue weighted by molar-refractivity contribution is 4.90. The molecule has 0 radical (unpaired) electrons. The summed E-state index contributed by atoms with van der Waals surface area (Å²) in [4.78, 5) is 2.35. The number of nitrogens with zero attached hydrogens (tertiary/aromatic N) is 4. The van der Waals surface area contributed by atoms with Gasteiger partial charge in [0, 0.05) is 39.0 Å². The molecule has 1 aromatic heterocycles. The molecule has 0 unspecified atom stereocenters. The van der Waals surface area contributed by atoms with Gasteiger partial charge in [0.1, 0.15) is 0 Å². The van der Waals surface area contributed by atoms with Crippen LogP contribution in [0, 0.1) is 0 Å². The third-order valence-corrected chi connectivity index (χ3v) is 2.72. The van der Waals surface area contributed by atoms with Crippen LogP contribution >= 0.6 is 0 Å². The van der Waals surface area contributed by atoms with Gasteiger partial charge in [0.05, 0.1) is 18.8 Å². The molecule has 0 spiro atoms. The van der Waals surface area contributed by atoms with E-state index in [0.29, 0.717) is 12.6 Å². The van der Waals surface area contributed by atoms with Crippen molar-refractivity contribution >= 4 is 0 Å². The van der Waals surface area contributed by atoms with Gasteiger partial charge in [0.15, 0.2) is 0 Å². The van der Waals surface area contributed by atoms with E-state index in [4.69, 9.17) is 10.5 Å². The lowest BCUT2D eigenvalue weighted by Gasteiger charge is -2.25. The average Bonchev–Trinajstić information content (AvgIpc) is 2.76. The normalized spacial score (nSPS) is 11.6. The van der Waals surface area contributed by atoms with E-state index < -0.39 is 0 Å². The Morgan fingerprint density at radius 1 is 1.47 bits per heavy atom. The summed E-state index contributed by atoms with van der Waals surface area (Å²) in [5.74, 6) is 0. The van der Waals surface area contributed by atoms with Crippen molar-refractivity contribution < 1.29 is 4.74 Å². The van der Waals surface area contributed by atoms with Crippen LogP contribution in [-0.4, -0.2) is 52.7 Å². The number of hydrogen-bond acceptors (Lipinski definition) is 5. The maximum Gasteiger partial charge on any atom is 0.0962 e. The van der Waals surface area contributed by atoms with Gasteiger partial charge in [-0.15, -0.1) is 5.10 Å². The Morgan fingerprint density at radius 2 is 2.24 bits per heavy atom. The van der Waals surface area contributed by atoms with Crippen molar-refractivity contribution in [3.8, 4) is 0 Å². The molecule has 98 valence electrons. The lowest BCUT2D eigenvalue weighted by molar-refractivity contribution is 0.126. The largest absolute Gasteiger partial charge is 0.383 e. The smallest absolute Gasteiger partial charge is 0.0962 e. The van der Waals surface area contributed by atoms with Crippen molar-refractivity contribution in [1.29, 1.82) is 0 Å². The first-order valence-corrected chi connectivity index (χ1v) is 5.99. The number of hydrogen-bond donors (Lipinski definition) is 1. The molecule has 0 aliphatic heterocycles. The van der Waals surface area contributed by atoms with E-state index in [-0.39, 0.29) is 0 Å². The monoisotopic (exact) mass is 241 g/mol. The Balaban J connectivity index is 2.40. The van der Waals surface area contributed by atoms with E-state index >= 15 is 0 Å². The highest BCUT2D eigenvalue weighted by Crippen LogP contribution is 1.99. The predicted molar refractivity (Wildman–Crippen MR) is 66.5 cm³/mol. The van der Waals surface area contributed by atoms with Crippen LogP contribution in [0.15, 0.2) is 6.20 Å². The molecule has 0 aliphatic carbocycles. The summed E-state index contributed by atoms with van der Waals surface area (Å²) in [6.07, 6.45) is 1.90. The molecular weight excluding hydrogens is 218 g/mol. The summed E-state index contributed by atoms with van der Waals surface area (Å²) in [7, 11) is 1.73. The van der Waals surface area contributed by atoms with E-state index in [1.54, 1.807) is 7.11 Å². The van der Waals surface area contributed by atoms with E-state index in [2.05, 4.69) is 29.1 Å². The van der Waals surface area contributed by atoms with Gasteiger partial charge in [-0.25, -0.2) is 0 Å². The van der Waals surface area contributed by atoms with Crippen LogP contribution in [-0.2, 0) is 17.8 Å². The van der Waals surface area contributed by atoms with Crippen LogP contribution in [0.1, 0.15) is 19.5 Å². The number of ether oxygens (including phenoxy) is 1. The molecule has 1 aromatic rings. The Kier molecular flexibility index (Phi) is 6.10. The first-order valence-electron chi connectivity index (χ1n) is 5.99. The number of nitrogens with two attached hydrogens (primary N) is 1. The molecule has 6 heteroatoms. The highest BCUT2D eigenvalue weighted by atomic mass is 16.5. The number of aromatic nitrogens is 3. The summed E-state index contributed by atoms with van der Waals surface area (Å²) >= 11 is 0. The van der Waals surface area contributed by atoms with Crippen LogP contribution < -0.4 is 5.73 Å². The topological polar surface area (TPSA) is 69.2 Å². The van der Waals surface area contributed by atoms with Crippen molar-refractivity contribution in [2.75, 3.05) is 26.8 Å². The summed E-state index contributed by atoms with van der Waals surface area (Å²) in [6.45, 7) is 8.27. The Labute approximate surface area is 103 Å².